The first-order valence-corrected chi connectivity index (χ1v) is 4.49. The van der Waals surface area contributed by atoms with Crippen molar-refractivity contribution in [2.24, 2.45) is 0 Å². The van der Waals surface area contributed by atoms with Crippen molar-refractivity contribution in [2.75, 3.05) is 13.2 Å². The molecule has 0 aromatic rings. The van der Waals surface area contributed by atoms with Gasteiger partial charge in [-0.15, -0.1) is 0 Å². The van der Waals surface area contributed by atoms with Gasteiger partial charge < -0.3 is 4.74 Å². The normalized spacial score (nSPS) is 9.27. The van der Waals surface area contributed by atoms with E-state index in [9.17, 15) is 0 Å². The minimum absolute atomic E-state index is 0. The highest BCUT2D eigenvalue weighted by molar-refractivity contribution is 5.75. The first-order chi connectivity index (χ1) is 4.91. The molecule has 0 bridgehead atoms. The standard InChI is InChI=1S/C9H20O.Mg.2H/c1-3-5-7-9-10-8-6-4-2;;;/h3-9H2,1-2H3;;;. The lowest BCUT2D eigenvalue weighted by molar-refractivity contribution is 0.127. The van der Waals surface area contributed by atoms with Crippen LogP contribution in [0.15, 0.2) is 0 Å². The molecule has 0 fully saturated rings. The van der Waals surface area contributed by atoms with E-state index < -0.39 is 0 Å². The van der Waals surface area contributed by atoms with Gasteiger partial charge >= 0.3 is 23.1 Å². The van der Waals surface area contributed by atoms with Crippen molar-refractivity contribution < 1.29 is 4.74 Å². The van der Waals surface area contributed by atoms with Crippen molar-refractivity contribution in [3.8, 4) is 0 Å². The zero-order valence-corrected chi connectivity index (χ0v) is 7.36. The lowest BCUT2D eigenvalue weighted by Gasteiger charge is -2.00. The molecular formula is C9H22MgO. The third-order valence-corrected chi connectivity index (χ3v) is 1.53. The smallest absolute Gasteiger partial charge is 0.316 e. The van der Waals surface area contributed by atoms with Gasteiger partial charge in [-0.05, 0) is 12.8 Å². The number of unbranched alkanes of at least 4 members (excludes halogenated alkanes) is 3. The van der Waals surface area contributed by atoms with E-state index in [4.69, 9.17) is 4.74 Å². The van der Waals surface area contributed by atoms with E-state index in [0.717, 1.165) is 13.2 Å². The van der Waals surface area contributed by atoms with Gasteiger partial charge in [0, 0.05) is 13.2 Å². The summed E-state index contributed by atoms with van der Waals surface area (Å²) < 4.78 is 5.38. The third kappa shape index (κ3) is 13.7. The van der Waals surface area contributed by atoms with Crippen molar-refractivity contribution in [1.82, 2.24) is 0 Å². The molecule has 0 saturated heterocycles. The summed E-state index contributed by atoms with van der Waals surface area (Å²) in [6, 6.07) is 0. The van der Waals surface area contributed by atoms with E-state index in [2.05, 4.69) is 13.8 Å². The summed E-state index contributed by atoms with van der Waals surface area (Å²) in [5, 5.41) is 0. The largest absolute Gasteiger partial charge is 0.381 e. The van der Waals surface area contributed by atoms with Crippen LogP contribution in [0.3, 0.4) is 0 Å². The van der Waals surface area contributed by atoms with Crippen molar-refractivity contribution in [3.05, 3.63) is 0 Å². The summed E-state index contributed by atoms with van der Waals surface area (Å²) in [6.45, 7) is 6.33. The van der Waals surface area contributed by atoms with Gasteiger partial charge in [-0.2, -0.15) is 0 Å². The molecule has 0 aliphatic rings. The fourth-order valence-corrected chi connectivity index (χ4v) is 0.803. The molecule has 0 spiro atoms. The highest BCUT2D eigenvalue weighted by Crippen LogP contribution is 1.95. The number of rotatable bonds is 7. The average molecular weight is 171 g/mol. The lowest BCUT2D eigenvalue weighted by atomic mass is 10.3. The molecule has 66 valence electrons. The molecule has 0 aliphatic heterocycles. The van der Waals surface area contributed by atoms with Crippen molar-refractivity contribution in [3.63, 3.8) is 0 Å². The highest BCUT2D eigenvalue weighted by Gasteiger charge is 1.86. The quantitative estimate of drug-likeness (QED) is 0.420. The predicted octanol–water partition coefficient (Wildman–Crippen LogP) is 2.08. The summed E-state index contributed by atoms with van der Waals surface area (Å²) in [5.74, 6) is 0. The molecule has 0 rings (SSSR count). The van der Waals surface area contributed by atoms with Crippen molar-refractivity contribution >= 4 is 23.1 Å². The fraction of sp³-hybridized carbons (Fsp3) is 1.00. The van der Waals surface area contributed by atoms with Crippen LogP contribution >= 0.6 is 0 Å². The molecule has 1 nitrogen and oxygen atoms in total. The van der Waals surface area contributed by atoms with Crippen LogP contribution in [0.2, 0.25) is 0 Å². The van der Waals surface area contributed by atoms with Gasteiger partial charge in [0.1, 0.15) is 0 Å². The fourth-order valence-electron chi connectivity index (χ4n) is 0.803. The molecule has 0 amide bonds. The first kappa shape index (κ1) is 14.3. The Morgan fingerprint density at radius 1 is 0.818 bits per heavy atom. The second kappa shape index (κ2) is 13.3. The van der Waals surface area contributed by atoms with Crippen LogP contribution in [0, 0.1) is 0 Å². The van der Waals surface area contributed by atoms with Crippen LogP contribution in [0.1, 0.15) is 46.0 Å². The Balaban J connectivity index is 0. The van der Waals surface area contributed by atoms with Crippen LogP contribution in [0.25, 0.3) is 0 Å². The van der Waals surface area contributed by atoms with E-state index in [1.54, 1.807) is 0 Å². The van der Waals surface area contributed by atoms with Crippen molar-refractivity contribution in [1.29, 1.82) is 0 Å². The van der Waals surface area contributed by atoms with E-state index in [1.807, 2.05) is 0 Å². The maximum atomic E-state index is 5.38. The number of ether oxygens (including phenoxy) is 1. The molecule has 0 saturated carbocycles. The lowest BCUT2D eigenvalue weighted by Crippen LogP contribution is -1.95. The van der Waals surface area contributed by atoms with Crippen LogP contribution in [-0.2, 0) is 4.74 Å². The minimum atomic E-state index is 0. The molecule has 0 aliphatic carbocycles. The van der Waals surface area contributed by atoms with Crippen molar-refractivity contribution in [2.45, 2.75) is 46.0 Å². The second-order valence-corrected chi connectivity index (χ2v) is 2.67. The monoisotopic (exact) mass is 170 g/mol. The van der Waals surface area contributed by atoms with Gasteiger partial charge in [-0.3, -0.25) is 0 Å². The molecule has 0 aromatic carbocycles. The minimum Gasteiger partial charge on any atom is -0.381 e. The van der Waals surface area contributed by atoms with Crippen LogP contribution in [0.4, 0.5) is 0 Å². The summed E-state index contributed by atoms with van der Waals surface area (Å²) in [5.41, 5.74) is 0. The number of hydrogen-bond donors (Lipinski definition) is 0. The number of hydrogen-bond acceptors (Lipinski definition) is 1. The summed E-state index contributed by atoms with van der Waals surface area (Å²) >= 11 is 0. The Morgan fingerprint density at radius 2 is 1.36 bits per heavy atom. The molecule has 0 unspecified atom stereocenters. The van der Waals surface area contributed by atoms with Crippen LogP contribution in [-0.4, -0.2) is 36.3 Å². The molecular weight excluding hydrogens is 148 g/mol. The van der Waals surface area contributed by atoms with Gasteiger partial charge in [-0.1, -0.05) is 33.1 Å². The Morgan fingerprint density at radius 3 is 1.91 bits per heavy atom. The molecule has 0 N–H and O–H groups in total. The average Bonchev–Trinajstić information content (AvgIpc) is 1.97. The van der Waals surface area contributed by atoms with Gasteiger partial charge in [0.15, 0.2) is 0 Å². The Labute approximate surface area is 87.0 Å². The molecule has 0 radical (unpaired) electrons. The van der Waals surface area contributed by atoms with Crippen LogP contribution in [0.5, 0.6) is 0 Å². The highest BCUT2D eigenvalue weighted by atomic mass is 24.3. The Kier molecular flexibility index (Phi) is 17.3. The molecule has 0 atom stereocenters. The molecule has 2 heteroatoms. The summed E-state index contributed by atoms with van der Waals surface area (Å²) in [7, 11) is 0. The summed E-state index contributed by atoms with van der Waals surface area (Å²) in [6.07, 6.45) is 6.30. The zero-order chi connectivity index (χ0) is 7.66. The van der Waals surface area contributed by atoms with E-state index >= 15 is 0 Å². The van der Waals surface area contributed by atoms with Gasteiger partial charge in [-0.25, -0.2) is 0 Å². The molecule has 0 heterocycles. The Bertz CT molecular complexity index is 49.5. The third-order valence-electron chi connectivity index (χ3n) is 1.53. The topological polar surface area (TPSA) is 9.23 Å². The van der Waals surface area contributed by atoms with E-state index in [0.29, 0.717) is 0 Å². The van der Waals surface area contributed by atoms with Gasteiger partial charge in [0.2, 0.25) is 0 Å². The Hall–Kier alpha value is 0.726. The second-order valence-electron chi connectivity index (χ2n) is 2.67. The van der Waals surface area contributed by atoms with E-state index in [-0.39, 0.29) is 23.1 Å². The first-order valence-electron chi connectivity index (χ1n) is 4.49. The van der Waals surface area contributed by atoms with Gasteiger partial charge in [0.05, 0.1) is 0 Å². The summed E-state index contributed by atoms with van der Waals surface area (Å²) in [4.78, 5) is 0. The van der Waals surface area contributed by atoms with Gasteiger partial charge in [0.25, 0.3) is 0 Å². The maximum absolute atomic E-state index is 5.38. The van der Waals surface area contributed by atoms with Crippen LogP contribution < -0.4 is 0 Å². The predicted molar refractivity (Wildman–Crippen MR) is 53.8 cm³/mol. The molecule has 11 heavy (non-hydrogen) atoms. The van der Waals surface area contributed by atoms with E-state index in [1.165, 1.54) is 32.1 Å². The SMILES string of the molecule is CCCCCOCCCC.[MgH2]. The zero-order valence-electron chi connectivity index (χ0n) is 7.36. The maximum Gasteiger partial charge on any atom is 0.316 e. The molecule has 0 aromatic heterocycles.